The first-order valence-electron chi connectivity index (χ1n) is 10.6. The second-order valence-corrected chi connectivity index (χ2v) is 9.81. The number of sulfonamides is 1. The van der Waals surface area contributed by atoms with E-state index in [4.69, 9.17) is 9.47 Å². The van der Waals surface area contributed by atoms with Gasteiger partial charge >= 0.3 is 12.2 Å². The van der Waals surface area contributed by atoms with Crippen LogP contribution in [0.5, 0.6) is 0 Å². The van der Waals surface area contributed by atoms with E-state index in [1.165, 1.54) is 19.1 Å². The van der Waals surface area contributed by atoms with Crippen LogP contribution in [0.4, 0.5) is 9.59 Å². The number of carbonyl (C=O) groups excluding carboxylic acids is 3. The fraction of sp³-hybridized carbons (Fsp3) is 0.522. The van der Waals surface area contributed by atoms with E-state index in [0.717, 1.165) is 23.8 Å². The molecule has 2 amide bonds. The Morgan fingerprint density at radius 2 is 1.64 bits per heavy atom. The molecule has 0 aliphatic heterocycles. The number of rotatable bonds is 11. The van der Waals surface area contributed by atoms with E-state index in [2.05, 4.69) is 19.2 Å². The SMILES string of the molecule is C=CCOC(=O)N(C(=O)OCC=C)N([C@H]1C=C(CCC=C(C)C)CC[C@H]1C(C)=O)S(C)(=O)=O. The summed E-state index contributed by atoms with van der Waals surface area (Å²) < 4.78 is 36.3. The predicted molar refractivity (Wildman–Crippen MR) is 126 cm³/mol. The Hall–Kier alpha value is -2.72. The maximum atomic E-state index is 12.9. The number of allylic oxidation sites excluding steroid dienone is 3. The highest BCUT2D eigenvalue weighted by Crippen LogP contribution is 2.33. The molecular weight excluding hydrogens is 448 g/mol. The highest BCUT2D eigenvalue weighted by atomic mass is 32.2. The molecule has 10 heteroatoms. The average molecular weight is 483 g/mol. The van der Waals surface area contributed by atoms with E-state index in [1.807, 2.05) is 13.8 Å². The van der Waals surface area contributed by atoms with Crippen molar-refractivity contribution in [1.29, 1.82) is 0 Å². The van der Waals surface area contributed by atoms with Gasteiger partial charge in [0.2, 0.25) is 10.0 Å². The fourth-order valence-corrected chi connectivity index (χ4v) is 4.57. The molecular formula is C23H34N2O7S. The minimum Gasteiger partial charge on any atom is -0.444 e. The molecule has 1 aliphatic rings. The number of amides is 2. The van der Waals surface area contributed by atoms with Crippen LogP contribution in [0.25, 0.3) is 0 Å². The maximum Gasteiger partial charge on any atom is 0.435 e. The monoisotopic (exact) mass is 482 g/mol. The molecule has 0 saturated carbocycles. The average Bonchev–Trinajstić information content (AvgIpc) is 2.72. The van der Waals surface area contributed by atoms with Crippen molar-refractivity contribution in [2.75, 3.05) is 19.5 Å². The van der Waals surface area contributed by atoms with Gasteiger partial charge in [0.25, 0.3) is 0 Å². The van der Waals surface area contributed by atoms with E-state index >= 15 is 0 Å². The van der Waals surface area contributed by atoms with E-state index < -0.39 is 34.2 Å². The summed E-state index contributed by atoms with van der Waals surface area (Å²) in [7, 11) is -4.23. The van der Waals surface area contributed by atoms with Gasteiger partial charge in [0, 0.05) is 5.92 Å². The van der Waals surface area contributed by atoms with Gasteiger partial charge in [-0.2, -0.15) is 0 Å². The molecule has 0 fully saturated rings. The Morgan fingerprint density at radius 1 is 1.09 bits per heavy atom. The first-order chi connectivity index (χ1) is 15.4. The van der Waals surface area contributed by atoms with Crippen molar-refractivity contribution in [2.24, 2.45) is 5.92 Å². The van der Waals surface area contributed by atoms with Crippen molar-refractivity contribution in [3.8, 4) is 0 Å². The second kappa shape index (κ2) is 13.1. The Kier molecular flexibility index (Phi) is 11.2. The Balaban J connectivity index is 3.55. The minimum atomic E-state index is -4.23. The molecule has 0 aromatic rings. The summed E-state index contributed by atoms with van der Waals surface area (Å²) in [6.45, 7) is 11.7. The lowest BCUT2D eigenvalue weighted by molar-refractivity contribution is -0.123. The minimum absolute atomic E-state index is 0.257. The molecule has 1 aliphatic carbocycles. The van der Waals surface area contributed by atoms with Crippen molar-refractivity contribution in [2.45, 2.75) is 52.5 Å². The molecule has 0 N–H and O–H groups in total. The third kappa shape index (κ3) is 8.62. The summed E-state index contributed by atoms with van der Waals surface area (Å²) in [6.07, 6.45) is 6.99. The Labute approximate surface area is 196 Å². The summed E-state index contributed by atoms with van der Waals surface area (Å²) in [5.74, 6) is -1.01. The zero-order chi connectivity index (χ0) is 25.2. The predicted octanol–water partition coefficient (Wildman–Crippen LogP) is 4.15. The third-order valence-corrected chi connectivity index (χ3v) is 6.01. The van der Waals surface area contributed by atoms with Gasteiger partial charge in [-0.1, -0.05) is 53.0 Å². The van der Waals surface area contributed by atoms with Gasteiger partial charge in [0.15, 0.2) is 0 Å². The van der Waals surface area contributed by atoms with Crippen LogP contribution in [0.1, 0.15) is 46.5 Å². The number of nitrogens with zero attached hydrogens (tertiary/aromatic N) is 2. The largest absolute Gasteiger partial charge is 0.444 e. The topological polar surface area (TPSA) is 110 Å². The number of Topliss-reactive ketones (excluding diaryl/α,β-unsaturated/α-hetero) is 1. The van der Waals surface area contributed by atoms with Crippen LogP contribution >= 0.6 is 0 Å². The first kappa shape index (κ1) is 28.3. The molecule has 1 rings (SSSR count). The van der Waals surface area contributed by atoms with E-state index in [1.54, 1.807) is 6.08 Å². The van der Waals surface area contributed by atoms with Crippen molar-refractivity contribution in [3.63, 3.8) is 0 Å². The standard InChI is InChI=1S/C23H34N2O7S/c1-7-14-31-22(27)24(23(28)32-15-8-2)25(33(6,29)30)21-16-19(11-9-10-17(3)4)12-13-20(21)18(5)26/h7-8,10,16,20-21H,1-2,9,11-15H2,3-6H3/t20-,21-/m0/s1. The zero-order valence-electron chi connectivity index (χ0n) is 19.8. The van der Waals surface area contributed by atoms with Gasteiger partial charge in [-0.15, -0.1) is 5.01 Å². The number of carbonyl (C=O) groups is 3. The first-order valence-corrected chi connectivity index (χ1v) is 12.5. The summed E-state index contributed by atoms with van der Waals surface area (Å²) in [4.78, 5) is 37.9. The number of ether oxygens (including phenoxy) is 2. The summed E-state index contributed by atoms with van der Waals surface area (Å²) in [5, 5.41) is 0.290. The van der Waals surface area contributed by atoms with Gasteiger partial charge in [-0.05, 0) is 46.5 Å². The fourth-order valence-electron chi connectivity index (χ4n) is 3.49. The normalized spacial score (nSPS) is 18.0. The number of imide groups is 1. The summed E-state index contributed by atoms with van der Waals surface area (Å²) in [5.41, 5.74) is 2.09. The number of hydrazine groups is 1. The maximum absolute atomic E-state index is 12.9. The lowest BCUT2D eigenvalue weighted by atomic mass is 9.82. The van der Waals surface area contributed by atoms with Gasteiger partial charge in [0.05, 0.1) is 12.3 Å². The zero-order valence-corrected chi connectivity index (χ0v) is 20.6. The van der Waals surface area contributed by atoms with Crippen LogP contribution in [-0.4, -0.2) is 61.3 Å². The van der Waals surface area contributed by atoms with Crippen LogP contribution in [0, 0.1) is 5.92 Å². The molecule has 0 unspecified atom stereocenters. The molecule has 2 atom stereocenters. The number of ketones is 1. The highest BCUT2D eigenvalue weighted by molar-refractivity contribution is 7.88. The summed E-state index contributed by atoms with van der Waals surface area (Å²) in [6, 6.07) is -1.10. The van der Waals surface area contributed by atoms with Crippen LogP contribution < -0.4 is 0 Å². The molecule has 0 heterocycles. The van der Waals surface area contributed by atoms with E-state index in [0.29, 0.717) is 28.7 Å². The van der Waals surface area contributed by atoms with E-state index in [-0.39, 0.29) is 19.0 Å². The quantitative estimate of drug-likeness (QED) is 0.321. The summed E-state index contributed by atoms with van der Waals surface area (Å²) >= 11 is 0. The Morgan fingerprint density at radius 3 is 2.06 bits per heavy atom. The van der Waals surface area contributed by atoms with Crippen molar-refractivity contribution in [1.82, 2.24) is 9.42 Å². The van der Waals surface area contributed by atoms with Crippen LogP contribution in [-0.2, 0) is 24.3 Å². The molecule has 0 saturated heterocycles. The molecule has 0 aromatic heterocycles. The number of hydrogen-bond acceptors (Lipinski definition) is 7. The molecule has 33 heavy (non-hydrogen) atoms. The van der Waals surface area contributed by atoms with Crippen molar-refractivity contribution in [3.05, 3.63) is 48.6 Å². The van der Waals surface area contributed by atoms with E-state index in [9.17, 15) is 22.8 Å². The number of hydrogen-bond donors (Lipinski definition) is 0. The van der Waals surface area contributed by atoms with Gasteiger partial charge in [-0.25, -0.2) is 18.0 Å². The van der Waals surface area contributed by atoms with Gasteiger partial charge < -0.3 is 9.47 Å². The lowest BCUT2D eigenvalue weighted by Crippen LogP contribution is -2.59. The molecule has 0 radical (unpaired) electrons. The van der Waals surface area contributed by atoms with Crippen LogP contribution in [0.3, 0.4) is 0 Å². The second-order valence-electron chi connectivity index (χ2n) is 7.97. The molecule has 184 valence electrons. The smallest absolute Gasteiger partial charge is 0.435 e. The molecule has 0 bridgehead atoms. The van der Waals surface area contributed by atoms with Crippen LogP contribution in [0.2, 0.25) is 0 Å². The lowest BCUT2D eigenvalue weighted by Gasteiger charge is -2.39. The molecule has 9 nitrogen and oxygen atoms in total. The van der Waals surface area contributed by atoms with Gasteiger partial charge in [0.1, 0.15) is 19.0 Å². The van der Waals surface area contributed by atoms with Crippen molar-refractivity contribution >= 4 is 28.0 Å². The van der Waals surface area contributed by atoms with Crippen LogP contribution in [0.15, 0.2) is 48.6 Å². The van der Waals surface area contributed by atoms with Crippen molar-refractivity contribution < 1.29 is 32.3 Å². The highest BCUT2D eigenvalue weighted by Gasteiger charge is 2.45. The van der Waals surface area contributed by atoms with Gasteiger partial charge in [-0.3, -0.25) is 4.79 Å². The third-order valence-electron chi connectivity index (χ3n) is 4.92. The Bertz CT molecular complexity index is 893. The molecule has 0 aromatic carbocycles. The molecule has 0 spiro atoms.